The molecule has 0 saturated carbocycles. The maximum atomic E-state index is 12.2. The van der Waals surface area contributed by atoms with Gasteiger partial charge in [-0.3, -0.25) is 20.4 Å². The summed E-state index contributed by atoms with van der Waals surface area (Å²) < 4.78 is 0. The number of hydrogen-bond donors (Lipinski definition) is 2. The Bertz CT molecular complexity index is 654. The molecule has 22 heavy (non-hydrogen) atoms. The summed E-state index contributed by atoms with van der Waals surface area (Å²) in [4.78, 5) is 25.1. The summed E-state index contributed by atoms with van der Waals surface area (Å²) in [7, 11) is 0. The zero-order valence-corrected chi connectivity index (χ0v) is 13.2. The van der Waals surface area contributed by atoms with Crippen molar-refractivity contribution in [2.45, 2.75) is 32.7 Å². The monoisotopic (exact) mass is 320 g/mol. The molecule has 1 aliphatic heterocycles. The average molecular weight is 321 g/mol. The lowest BCUT2D eigenvalue weighted by atomic mass is 10.1. The van der Waals surface area contributed by atoms with E-state index in [1.54, 1.807) is 6.07 Å². The molecule has 2 rings (SSSR count). The zero-order valence-electron chi connectivity index (χ0n) is 12.4. The van der Waals surface area contributed by atoms with Crippen molar-refractivity contribution < 1.29 is 9.59 Å². The molecule has 1 unspecified atom stereocenters. The molecule has 2 N–H and O–H groups in total. The third kappa shape index (κ3) is 3.15. The number of nitrogens with zero attached hydrogens (tertiary/aromatic N) is 2. The third-order valence-electron chi connectivity index (χ3n) is 3.70. The van der Waals surface area contributed by atoms with Crippen molar-refractivity contribution in [3.05, 3.63) is 28.3 Å². The summed E-state index contributed by atoms with van der Waals surface area (Å²) in [6, 6.07) is 5.15. The Balaban J connectivity index is 2.24. The van der Waals surface area contributed by atoms with Gasteiger partial charge < -0.3 is 4.90 Å². The molecule has 2 amide bonds. The number of carbonyl (C=O) groups is 2. The van der Waals surface area contributed by atoms with E-state index in [0.717, 1.165) is 24.2 Å². The summed E-state index contributed by atoms with van der Waals surface area (Å²) in [5.41, 5.74) is 6.75. The van der Waals surface area contributed by atoms with Gasteiger partial charge in [-0.2, -0.15) is 5.26 Å². The number of anilines is 1. The van der Waals surface area contributed by atoms with E-state index in [2.05, 4.69) is 10.9 Å². The van der Waals surface area contributed by atoms with Crippen LogP contribution in [-0.4, -0.2) is 24.4 Å². The number of rotatable bonds is 2. The number of amides is 2. The lowest BCUT2D eigenvalue weighted by Gasteiger charge is -2.28. The molecule has 0 aromatic heterocycles. The predicted molar refractivity (Wildman–Crippen MR) is 83.2 cm³/mol. The van der Waals surface area contributed by atoms with Gasteiger partial charge in [0.1, 0.15) is 12.1 Å². The van der Waals surface area contributed by atoms with Crippen LogP contribution >= 0.6 is 11.6 Å². The Labute approximate surface area is 134 Å². The topological polar surface area (TPSA) is 85.2 Å². The molecule has 0 bridgehead atoms. The van der Waals surface area contributed by atoms with E-state index >= 15 is 0 Å². The molecule has 6 nitrogen and oxygen atoms in total. The van der Waals surface area contributed by atoms with E-state index in [-0.39, 0.29) is 17.9 Å². The number of halogens is 1. The highest BCUT2D eigenvalue weighted by molar-refractivity contribution is 6.32. The summed E-state index contributed by atoms with van der Waals surface area (Å²) in [6.45, 7) is 3.89. The van der Waals surface area contributed by atoms with Crippen LogP contribution in [0.15, 0.2) is 12.1 Å². The molecule has 1 aromatic rings. The third-order valence-corrected chi connectivity index (χ3v) is 4.19. The maximum absolute atomic E-state index is 12.2. The van der Waals surface area contributed by atoms with Gasteiger partial charge in [-0.1, -0.05) is 11.6 Å². The Morgan fingerprint density at radius 2 is 2.14 bits per heavy atom. The molecule has 116 valence electrons. The van der Waals surface area contributed by atoms with Crippen molar-refractivity contribution in [1.29, 1.82) is 5.26 Å². The minimum absolute atomic E-state index is 0.257. The normalized spacial score (nSPS) is 17.0. The molecule has 1 aliphatic rings. The molecule has 1 atom stereocenters. The van der Waals surface area contributed by atoms with Crippen LogP contribution in [0.3, 0.4) is 0 Å². The van der Waals surface area contributed by atoms with Crippen LogP contribution in [0.25, 0.3) is 0 Å². The van der Waals surface area contributed by atoms with E-state index in [9.17, 15) is 9.59 Å². The molecule has 0 radical (unpaired) electrons. The first kappa shape index (κ1) is 16.1. The van der Waals surface area contributed by atoms with Gasteiger partial charge in [-0.05, 0) is 37.5 Å². The molecule has 0 spiro atoms. The second-order valence-corrected chi connectivity index (χ2v) is 5.58. The Morgan fingerprint density at radius 3 is 2.77 bits per heavy atom. The van der Waals surface area contributed by atoms with Gasteiger partial charge in [-0.15, -0.1) is 0 Å². The molecule has 1 heterocycles. The molecule has 0 aliphatic carbocycles. The second-order valence-electron chi connectivity index (χ2n) is 5.20. The van der Waals surface area contributed by atoms with E-state index in [0.29, 0.717) is 17.0 Å². The Hall–Kier alpha value is -2.26. The van der Waals surface area contributed by atoms with E-state index in [4.69, 9.17) is 16.9 Å². The summed E-state index contributed by atoms with van der Waals surface area (Å²) in [6.07, 6.45) is 1.57. The van der Waals surface area contributed by atoms with Crippen LogP contribution in [-0.2, 0) is 9.59 Å². The molecule has 7 heteroatoms. The molecule has 1 saturated heterocycles. The summed E-state index contributed by atoms with van der Waals surface area (Å²) in [5.74, 6) is -0.580. The fourth-order valence-corrected chi connectivity index (χ4v) is 2.83. The Kier molecular flexibility index (Phi) is 4.88. The van der Waals surface area contributed by atoms with E-state index < -0.39 is 0 Å². The highest BCUT2D eigenvalue weighted by Gasteiger charge is 2.32. The van der Waals surface area contributed by atoms with Gasteiger partial charge in [0, 0.05) is 19.2 Å². The lowest BCUT2D eigenvalue weighted by molar-refractivity contribution is -0.128. The molecule has 1 fully saturated rings. The van der Waals surface area contributed by atoms with Gasteiger partial charge in [0.25, 0.3) is 5.91 Å². The lowest BCUT2D eigenvalue weighted by Crippen LogP contribution is -2.50. The van der Waals surface area contributed by atoms with E-state index in [1.807, 2.05) is 24.0 Å². The average Bonchev–Trinajstić information content (AvgIpc) is 2.96. The number of hydrogen-bond acceptors (Lipinski definition) is 4. The number of benzene rings is 1. The fourth-order valence-electron chi connectivity index (χ4n) is 2.63. The highest BCUT2D eigenvalue weighted by atomic mass is 35.5. The van der Waals surface area contributed by atoms with E-state index in [1.165, 1.54) is 6.92 Å². The van der Waals surface area contributed by atoms with Crippen LogP contribution in [0.2, 0.25) is 5.02 Å². The smallest absolute Gasteiger partial charge is 0.261 e. The van der Waals surface area contributed by atoms with Crippen molar-refractivity contribution in [3.8, 4) is 6.07 Å². The fraction of sp³-hybridized carbons (Fsp3) is 0.400. The number of carbonyl (C=O) groups excluding carboxylic acids is 2. The van der Waals surface area contributed by atoms with Crippen LogP contribution in [0, 0.1) is 18.3 Å². The van der Waals surface area contributed by atoms with Crippen LogP contribution in [0.5, 0.6) is 0 Å². The minimum atomic E-state index is -0.366. The van der Waals surface area contributed by atoms with Gasteiger partial charge in [-0.25, -0.2) is 0 Å². The maximum Gasteiger partial charge on any atom is 0.261 e. The highest BCUT2D eigenvalue weighted by Crippen LogP contribution is 2.33. The van der Waals surface area contributed by atoms with Crippen molar-refractivity contribution in [2.75, 3.05) is 11.4 Å². The van der Waals surface area contributed by atoms with Crippen molar-refractivity contribution in [1.82, 2.24) is 10.9 Å². The predicted octanol–water partition coefficient (Wildman–Crippen LogP) is 1.66. The minimum Gasteiger partial charge on any atom is -0.359 e. The standard InChI is InChI=1S/C15H17ClN4O2/c1-9-12(6-5-11(8-17)14(9)16)20-7-3-4-13(20)15(22)19-18-10(2)21/h5-6,13H,3-4,7H2,1-2H3,(H,18,21)(H,19,22). The molecule has 1 aromatic carbocycles. The van der Waals surface area contributed by atoms with Gasteiger partial charge >= 0.3 is 0 Å². The number of nitriles is 1. The Morgan fingerprint density at radius 1 is 1.41 bits per heavy atom. The first-order valence-electron chi connectivity index (χ1n) is 6.98. The van der Waals surface area contributed by atoms with Crippen LogP contribution < -0.4 is 15.8 Å². The van der Waals surface area contributed by atoms with Gasteiger partial charge in [0.05, 0.1) is 10.6 Å². The van der Waals surface area contributed by atoms with Crippen molar-refractivity contribution >= 4 is 29.1 Å². The number of hydrazine groups is 1. The first-order valence-corrected chi connectivity index (χ1v) is 7.35. The van der Waals surface area contributed by atoms with Crippen molar-refractivity contribution in [2.24, 2.45) is 0 Å². The van der Waals surface area contributed by atoms with Crippen LogP contribution in [0.1, 0.15) is 30.9 Å². The zero-order chi connectivity index (χ0) is 16.3. The van der Waals surface area contributed by atoms with Crippen LogP contribution in [0.4, 0.5) is 5.69 Å². The van der Waals surface area contributed by atoms with Gasteiger partial charge in [0.15, 0.2) is 0 Å². The largest absolute Gasteiger partial charge is 0.359 e. The SMILES string of the molecule is CC(=O)NNC(=O)C1CCCN1c1ccc(C#N)c(Cl)c1C. The second kappa shape index (κ2) is 6.67. The van der Waals surface area contributed by atoms with Crippen molar-refractivity contribution in [3.63, 3.8) is 0 Å². The number of nitrogens with one attached hydrogen (secondary N) is 2. The summed E-state index contributed by atoms with van der Waals surface area (Å²) in [5, 5.41) is 9.42. The summed E-state index contributed by atoms with van der Waals surface area (Å²) >= 11 is 6.20. The molecular formula is C15H17ClN4O2. The van der Waals surface area contributed by atoms with Gasteiger partial charge in [0.2, 0.25) is 5.91 Å². The quantitative estimate of drug-likeness (QED) is 0.811. The molecular weight excluding hydrogens is 304 g/mol. The first-order chi connectivity index (χ1) is 10.5.